The Morgan fingerprint density at radius 2 is 0.689 bits per heavy atom. The molecule has 3 heterocycles. The number of fused-ring (bicyclic) bond motifs is 2. The highest BCUT2D eigenvalue weighted by molar-refractivity contribution is 6.24. The minimum absolute atomic E-state index is 0.0274. The molecule has 2 N–H and O–H groups in total. The third-order valence-corrected chi connectivity index (χ3v) is 19.5. The van der Waals surface area contributed by atoms with E-state index in [9.17, 15) is 9.59 Å². The SMILES string of the molecule is O=C(CCCc1ccc2ccc3cccc4ccc1c2c34)OCCCCCCCCCCCN1c2ccccc2NC1c1cccc(C2Nc3ccccc3N2CCCCCCCCCCCOC(=O)CCCc2ccc3ccc4cccc5ccc2c3c45)n1. The highest BCUT2D eigenvalue weighted by atomic mass is 16.5. The van der Waals surface area contributed by atoms with Gasteiger partial charge in [0.25, 0.3) is 0 Å². The minimum Gasteiger partial charge on any atom is -0.466 e. The Balaban J connectivity index is 0.482. The van der Waals surface area contributed by atoms with Crippen molar-refractivity contribution in [2.45, 2.75) is 166 Å². The predicted molar refractivity (Wildman–Crippen MR) is 376 cm³/mol. The first-order valence-corrected chi connectivity index (χ1v) is 34.4. The van der Waals surface area contributed by atoms with Gasteiger partial charge < -0.3 is 29.9 Å². The number of aryl methyl sites for hydroxylation is 2. The molecular formula is C81H89N5O4. The van der Waals surface area contributed by atoms with E-state index in [2.05, 4.69) is 196 Å². The molecule has 1 aromatic heterocycles. The molecule has 10 aromatic carbocycles. The molecule has 0 aliphatic carbocycles. The molecule has 0 radical (unpaired) electrons. The first-order valence-electron chi connectivity index (χ1n) is 34.4. The molecule has 13 rings (SSSR count). The average molecular weight is 1200 g/mol. The Morgan fingerprint density at radius 1 is 0.344 bits per heavy atom. The Morgan fingerprint density at radius 3 is 1.11 bits per heavy atom. The number of hydrogen-bond donors (Lipinski definition) is 2. The lowest BCUT2D eigenvalue weighted by Crippen LogP contribution is -2.32. The average Bonchev–Trinajstić information content (AvgIpc) is 1.10. The summed E-state index contributed by atoms with van der Waals surface area (Å²) < 4.78 is 11.4. The molecule has 0 saturated heterocycles. The Hall–Kier alpha value is -8.43. The smallest absolute Gasteiger partial charge is 0.305 e. The number of anilines is 4. The van der Waals surface area contributed by atoms with Crippen molar-refractivity contribution in [3.05, 3.63) is 198 Å². The van der Waals surface area contributed by atoms with E-state index in [1.807, 2.05) is 0 Å². The monoisotopic (exact) mass is 1200 g/mol. The second-order valence-electron chi connectivity index (χ2n) is 25.7. The molecule has 11 aromatic rings. The van der Waals surface area contributed by atoms with Crippen LogP contribution in [-0.2, 0) is 31.9 Å². The maximum Gasteiger partial charge on any atom is 0.305 e. The van der Waals surface area contributed by atoms with Gasteiger partial charge in [0.05, 0.1) is 47.4 Å². The number of carbonyl (C=O) groups excluding carboxylic acids is 2. The summed E-state index contributed by atoms with van der Waals surface area (Å²) in [6.45, 7) is 3.00. The largest absolute Gasteiger partial charge is 0.466 e. The number of nitrogens with zero attached hydrogens (tertiary/aromatic N) is 3. The molecule has 9 heteroatoms. The number of benzene rings is 10. The van der Waals surface area contributed by atoms with Gasteiger partial charge in [0, 0.05) is 25.9 Å². The molecule has 462 valence electrons. The number of pyridine rings is 1. The van der Waals surface area contributed by atoms with Gasteiger partial charge in [0.1, 0.15) is 12.3 Å². The van der Waals surface area contributed by atoms with Crippen molar-refractivity contribution in [1.82, 2.24) is 4.98 Å². The highest BCUT2D eigenvalue weighted by Crippen LogP contribution is 2.44. The van der Waals surface area contributed by atoms with Crippen molar-refractivity contribution in [2.24, 2.45) is 0 Å². The summed E-state index contributed by atoms with van der Waals surface area (Å²) in [6, 6.07) is 63.9. The zero-order valence-corrected chi connectivity index (χ0v) is 52.7. The zero-order chi connectivity index (χ0) is 60.9. The number of nitrogens with one attached hydrogen (secondary N) is 2. The van der Waals surface area contributed by atoms with Gasteiger partial charge in [-0.3, -0.25) is 9.59 Å². The van der Waals surface area contributed by atoms with Crippen LogP contribution in [0.2, 0.25) is 0 Å². The molecule has 2 aliphatic heterocycles. The van der Waals surface area contributed by atoms with Crippen molar-refractivity contribution in [1.29, 1.82) is 0 Å². The van der Waals surface area contributed by atoms with E-state index in [4.69, 9.17) is 14.5 Å². The molecule has 0 bridgehead atoms. The summed E-state index contributed by atoms with van der Waals surface area (Å²) in [5, 5.41) is 23.4. The summed E-state index contributed by atoms with van der Waals surface area (Å²) in [5.74, 6) is -0.143. The summed E-state index contributed by atoms with van der Waals surface area (Å²) >= 11 is 0. The predicted octanol–water partition coefficient (Wildman–Crippen LogP) is 20.9. The molecular weight excluding hydrogens is 1110 g/mol. The van der Waals surface area contributed by atoms with Gasteiger partial charge in [0.2, 0.25) is 0 Å². The number of para-hydroxylation sites is 4. The number of hydrogen-bond acceptors (Lipinski definition) is 9. The van der Waals surface area contributed by atoms with Crippen LogP contribution in [0.15, 0.2) is 176 Å². The lowest BCUT2D eigenvalue weighted by molar-refractivity contribution is -0.144. The number of unbranched alkanes of at least 4 members (excludes halogenated alkanes) is 16. The summed E-state index contributed by atoms with van der Waals surface area (Å²) in [5.41, 5.74) is 9.58. The third-order valence-electron chi connectivity index (χ3n) is 19.5. The van der Waals surface area contributed by atoms with Crippen molar-refractivity contribution in [3.8, 4) is 0 Å². The maximum absolute atomic E-state index is 12.7. The first kappa shape index (κ1) is 60.5. The topological polar surface area (TPSA) is 96.0 Å². The fraction of sp³-hybridized carbons (Fsp3) is 0.370. The number of aromatic nitrogens is 1. The molecule has 9 nitrogen and oxygen atoms in total. The lowest BCUT2D eigenvalue weighted by atomic mass is 9.90. The van der Waals surface area contributed by atoms with E-state index in [1.165, 1.54) is 176 Å². The van der Waals surface area contributed by atoms with Gasteiger partial charge in [-0.15, -0.1) is 0 Å². The summed E-state index contributed by atoms with van der Waals surface area (Å²) in [6.07, 6.45) is 25.4. The number of rotatable bonds is 34. The van der Waals surface area contributed by atoms with Gasteiger partial charge in [-0.05, 0) is 164 Å². The number of ether oxygens (including phenoxy) is 2. The molecule has 2 aliphatic rings. The standard InChI is InChI=1S/C81H89N5O4/c87-74(40-25-28-58-42-44-64-48-46-60-30-23-32-62-50-52-66(58)78(64)76(60)62)89-56-21-13-9-5-1-3-7-11-19-54-85-72-38-17-15-34-68(72)83-80(85)70-36-27-37-71(82-70)81-84-69-35-16-18-39-73(69)86(81)55-20-12-8-4-2-6-10-14-22-57-90-75(88)41-26-29-59-43-45-65-49-47-61-31-24-33-63-51-53-67(59)79(65)77(61)63/h15-18,23-24,27,30-39,42-53,80-81,83-84H,1-14,19-22,25-26,28-29,40-41,54-57H2. The van der Waals surface area contributed by atoms with Gasteiger partial charge in [-0.2, -0.15) is 0 Å². The van der Waals surface area contributed by atoms with Gasteiger partial charge in [-0.1, -0.05) is 229 Å². The third kappa shape index (κ3) is 14.0. The van der Waals surface area contributed by atoms with Crippen LogP contribution in [0, 0.1) is 0 Å². The quantitative estimate of drug-likeness (QED) is 0.0232. The van der Waals surface area contributed by atoms with Crippen molar-refractivity contribution in [2.75, 3.05) is 46.7 Å². The Kier molecular flexibility index (Phi) is 19.8. The van der Waals surface area contributed by atoms with Gasteiger partial charge in [-0.25, -0.2) is 4.98 Å². The second-order valence-corrected chi connectivity index (χ2v) is 25.7. The van der Waals surface area contributed by atoms with Crippen molar-refractivity contribution >= 4 is 99.3 Å². The fourth-order valence-electron chi connectivity index (χ4n) is 14.8. The zero-order valence-electron chi connectivity index (χ0n) is 52.7. The molecule has 0 spiro atoms. The second kappa shape index (κ2) is 29.5. The number of carbonyl (C=O) groups is 2. The van der Waals surface area contributed by atoms with E-state index in [0.29, 0.717) is 26.1 Å². The van der Waals surface area contributed by atoms with Gasteiger partial charge in [0.15, 0.2) is 0 Å². The van der Waals surface area contributed by atoms with E-state index in [1.54, 1.807) is 0 Å². The molecule has 2 atom stereocenters. The van der Waals surface area contributed by atoms with Crippen LogP contribution in [0.4, 0.5) is 22.7 Å². The normalized spacial score (nSPS) is 14.6. The fourth-order valence-corrected chi connectivity index (χ4v) is 14.8. The van der Waals surface area contributed by atoms with Crippen LogP contribution in [0.5, 0.6) is 0 Å². The van der Waals surface area contributed by atoms with Crippen molar-refractivity contribution in [3.63, 3.8) is 0 Å². The maximum atomic E-state index is 12.7. The molecule has 0 amide bonds. The van der Waals surface area contributed by atoms with Crippen LogP contribution in [0.3, 0.4) is 0 Å². The van der Waals surface area contributed by atoms with Gasteiger partial charge >= 0.3 is 11.9 Å². The van der Waals surface area contributed by atoms with E-state index >= 15 is 0 Å². The summed E-state index contributed by atoms with van der Waals surface area (Å²) in [4.78, 5) is 35.9. The number of esters is 2. The Bertz CT molecular complexity index is 3880. The van der Waals surface area contributed by atoms with Crippen LogP contribution in [0.1, 0.15) is 176 Å². The van der Waals surface area contributed by atoms with Crippen LogP contribution >= 0.6 is 0 Å². The molecule has 2 unspecified atom stereocenters. The van der Waals surface area contributed by atoms with E-state index in [0.717, 1.165) is 88.7 Å². The summed E-state index contributed by atoms with van der Waals surface area (Å²) in [7, 11) is 0. The van der Waals surface area contributed by atoms with Crippen LogP contribution in [-0.4, -0.2) is 43.2 Å². The van der Waals surface area contributed by atoms with E-state index < -0.39 is 0 Å². The first-order chi connectivity index (χ1) is 44.5. The highest BCUT2D eigenvalue weighted by Gasteiger charge is 2.34. The molecule has 0 fully saturated rings. The molecule has 0 saturated carbocycles. The van der Waals surface area contributed by atoms with Crippen LogP contribution in [0.25, 0.3) is 64.6 Å². The lowest BCUT2D eigenvalue weighted by Gasteiger charge is -2.29. The van der Waals surface area contributed by atoms with Crippen LogP contribution < -0.4 is 20.4 Å². The van der Waals surface area contributed by atoms with Crippen molar-refractivity contribution < 1.29 is 19.1 Å². The minimum atomic E-state index is -0.0713. The Labute approximate surface area is 532 Å². The molecule has 90 heavy (non-hydrogen) atoms. The van der Waals surface area contributed by atoms with E-state index in [-0.39, 0.29) is 24.3 Å².